The summed E-state index contributed by atoms with van der Waals surface area (Å²) in [5.74, 6) is -0.786. The minimum absolute atomic E-state index is 0.0491. The molecule has 0 aliphatic heterocycles. The average molecular weight is 356 g/mol. The molecule has 1 aromatic heterocycles. The second-order valence-corrected chi connectivity index (χ2v) is 6.00. The van der Waals surface area contributed by atoms with E-state index in [2.05, 4.69) is 15.9 Å². The van der Waals surface area contributed by atoms with Gasteiger partial charge in [0.1, 0.15) is 17.7 Å². The van der Waals surface area contributed by atoms with Gasteiger partial charge in [-0.15, -0.1) is 0 Å². The van der Waals surface area contributed by atoms with Crippen LogP contribution in [0.4, 0.5) is 13.2 Å². The van der Waals surface area contributed by atoms with Crippen molar-refractivity contribution in [2.75, 3.05) is 0 Å². The van der Waals surface area contributed by atoms with Crippen LogP contribution in [0, 0.1) is 0 Å². The summed E-state index contributed by atoms with van der Waals surface area (Å²) in [6, 6.07) is 0.675. The number of rotatable bonds is 2. The zero-order valence-electron chi connectivity index (χ0n) is 11.0. The van der Waals surface area contributed by atoms with Gasteiger partial charge in [-0.25, -0.2) is 0 Å². The highest BCUT2D eigenvalue weighted by Gasteiger charge is 2.35. The minimum atomic E-state index is -4.78. The Bertz CT molecular complexity index is 573. The van der Waals surface area contributed by atoms with E-state index in [-0.39, 0.29) is 4.47 Å². The average Bonchev–Trinajstić information content (AvgIpc) is 2.18. The van der Waals surface area contributed by atoms with E-state index in [1.54, 1.807) is 20.8 Å². The van der Waals surface area contributed by atoms with Crippen molar-refractivity contribution >= 4 is 21.9 Å². The number of pyridine rings is 1. The molecule has 0 radical (unpaired) electrons. The molecule has 0 aliphatic rings. The van der Waals surface area contributed by atoms with Gasteiger partial charge in [-0.05, 0) is 42.8 Å². The van der Waals surface area contributed by atoms with E-state index in [0.29, 0.717) is 10.6 Å². The molecule has 112 valence electrons. The van der Waals surface area contributed by atoms with Gasteiger partial charge in [-0.1, -0.05) is 0 Å². The topological polar surface area (TPSA) is 48.3 Å². The zero-order valence-corrected chi connectivity index (χ0v) is 12.6. The maximum Gasteiger partial charge on any atom is 0.421 e. The van der Waals surface area contributed by atoms with Crippen LogP contribution in [0.5, 0.6) is 0 Å². The smallest absolute Gasteiger partial charge is 0.421 e. The van der Waals surface area contributed by atoms with Crippen LogP contribution < -0.4 is 5.56 Å². The van der Waals surface area contributed by atoms with E-state index in [0.717, 1.165) is 6.20 Å². The Morgan fingerprint density at radius 2 is 1.90 bits per heavy atom. The lowest BCUT2D eigenvalue weighted by molar-refractivity contribution is -0.156. The molecule has 8 heteroatoms. The SMILES string of the molecule is CC(C)(C)OC(=O)Cn1cc(Br)cc(C(F)(F)F)c1=O. The van der Waals surface area contributed by atoms with E-state index in [1.165, 1.54) is 0 Å². The molecule has 0 N–H and O–H groups in total. The zero-order chi connectivity index (χ0) is 15.7. The third-order valence-corrected chi connectivity index (χ3v) is 2.51. The molecular formula is C12H13BrF3NO3. The van der Waals surface area contributed by atoms with Crippen molar-refractivity contribution in [3.63, 3.8) is 0 Å². The number of aromatic nitrogens is 1. The largest absolute Gasteiger partial charge is 0.459 e. The summed E-state index contributed by atoms with van der Waals surface area (Å²) < 4.78 is 43.7. The van der Waals surface area contributed by atoms with Crippen LogP contribution in [0.3, 0.4) is 0 Å². The number of alkyl halides is 3. The molecule has 0 spiro atoms. The summed E-state index contributed by atoms with van der Waals surface area (Å²) in [6.45, 7) is 4.28. The van der Waals surface area contributed by atoms with Gasteiger partial charge in [-0.3, -0.25) is 9.59 Å². The summed E-state index contributed by atoms with van der Waals surface area (Å²) in [5, 5.41) is 0. The second kappa shape index (κ2) is 5.59. The van der Waals surface area contributed by atoms with Gasteiger partial charge in [0.15, 0.2) is 0 Å². The van der Waals surface area contributed by atoms with E-state index in [1.807, 2.05) is 0 Å². The van der Waals surface area contributed by atoms with Crippen molar-refractivity contribution in [1.29, 1.82) is 0 Å². The Labute approximate surface area is 121 Å². The Hall–Kier alpha value is -1.31. The van der Waals surface area contributed by atoms with Crippen molar-refractivity contribution < 1.29 is 22.7 Å². The van der Waals surface area contributed by atoms with Gasteiger partial charge in [0.05, 0.1) is 0 Å². The number of halogens is 4. The Morgan fingerprint density at radius 1 is 1.35 bits per heavy atom. The van der Waals surface area contributed by atoms with Gasteiger partial charge in [0.2, 0.25) is 0 Å². The number of carbonyl (C=O) groups is 1. The van der Waals surface area contributed by atoms with Crippen molar-refractivity contribution in [2.24, 2.45) is 0 Å². The van der Waals surface area contributed by atoms with E-state index in [9.17, 15) is 22.8 Å². The standard InChI is InChI=1S/C12H13BrF3NO3/c1-11(2,3)20-9(18)6-17-5-7(13)4-8(10(17)19)12(14,15)16/h4-5H,6H2,1-3H3. The van der Waals surface area contributed by atoms with Crippen molar-refractivity contribution in [2.45, 2.75) is 39.1 Å². The highest BCUT2D eigenvalue weighted by atomic mass is 79.9. The van der Waals surface area contributed by atoms with E-state index >= 15 is 0 Å². The quantitative estimate of drug-likeness (QED) is 0.766. The second-order valence-electron chi connectivity index (χ2n) is 5.09. The first-order chi connectivity index (χ1) is 8.90. The van der Waals surface area contributed by atoms with Crippen LogP contribution in [0.1, 0.15) is 26.3 Å². The molecule has 0 saturated carbocycles. The number of hydrogen-bond donors (Lipinski definition) is 0. The molecule has 0 aromatic carbocycles. The van der Waals surface area contributed by atoms with Crippen LogP contribution in [0.2, 0.25) is 0 Å². The van der Waals surface area contributed by atoms with Crippen LogP contribution in [0.15, 0.2) is 21.5 Å². The monoisotopic (exact) mass is 355 g/mol. The Balaban J connectivity index is 3.12. The molecule has 1 heterocycles. The van der Waals surface area contributed by atoms with Crippen LogP contribution in [-0.2, 0) is 22.3 Å². The maximum absolute atomic E-state index is 12.7. The van der Waals surface area contributed by atoms with Gasteiger partial charge in [0, 0.05) is 10.7 Å². The molecule has 20 heavy (non-hydrogen) atoms. The summed E-state index contributed by atoms with van der Waals surface area (Å²) in [4.78, 5) is 23.3. The highest BCUT2D eigenvalue weighted by molar-refractivity contribution is 9.10. The fourth-order valence-corrected chi connectivity index (χ4v) is 1.91. The molecule has 1 aromatic rings. The predicted molar refractivity (Wildman–Crippen MR) is 69.2 cm³/mol. The first-order valence-corrected chi connectivity index (χ1v) is 6.38. The van der Waals surface area contributed by atoms with Crippen molar-refractivity contribution in [3.05, 3.63) is 32.7 Å². The highest BCUT2D eigenvalue weighted by Crippen LogP contribution is 2.28. The number of hydrogen-bond acceptors (Lipinski definition) is 3. The first kappa shape index (κ1) is 16.7. The Morgan fingerprint density at radius 3 is 2.35 bits per heavy atom. The van der Waals surface area contributed by atoms with E-state index < -0.39 is 35.4 Å². The number of ether oxygens (including phenoxy) is 1. The molecule has 0 saturated heterocycles. The lowest BCUT2D eigenvalue weighted by Crippen LogP contribution is -2.33. The van der Waals surface area contributed by atoms with Gasteiger partial charge >= 0.3 is 12.1 Å². The molecule has 0 amide bonds. The summed E-state index contributed by atoms with van der Waals surface area (Å²) in [7, 11) is 0. The van der Waals surface area contributed by atoms with Crippen LogP contribution in [0.25, 0.3) is 0 Å². The lowest BCUT2D eigenvalue weighted by Gasteiger charge is -2.20. The molecule has 0 aliphatic carbocycles. The predicted octanol–water partition coefficient (Wildman–Crippen LogP) is 2.97. The summed E-state index contributed by atoms with van der Waals surface area (Å²) in [5.41, 5.74) is -3.40. The molecular weight excluding hydrogens is 343 g/mol. The number of carbonyl (C=O) groups excluding carboxylic acids is 1. The van der Waals surface area contributed by atoms with Gasteiger partial charge < -0.3 is 9.30 Å². The van der Waals surface area contributed by atoms with Crippen molar-refractivity contribution in [1.82, 2.24) is 4.57 Å². The lowest BCUT2D eigenvalue weighted by atomic mass is 10.2. The molecule has 0 unspecified atom stereocenters. The molecule has 4 nitrogen and oxygen atoms in total. The molecule has 1 rings (SSSR count). The third kappa shape index (κ3) is 4.66. The molecule has 0 atom stereocenters. The molecule has 0 fully saturated rings. The van der Waals surface area contributed by atoms with Crippen LogP contribution >= 0.6 is 15.9 Å². The van der Waals surface area contributed by atoms with Gasteiger partial charge in [0.25, 0.3) is 5.56 Å². The summed E-state index contributed by atoms with van der Waals surface area (Å²) >= 11 is 2.88. The number of nitrogens with zero attached hydrogens (tertiary/aromatic N) is 1. The van der Waals surface area contributed by atoms with Gasteiger partial charge in [-0.2, -0.15) is 13.2 Å². The summed E-state index contributed by atoms with van der Waals surface area (Å²) in [6.07, 6.45) is -3.67. The molecule has 0 bridgehead atoms. The fourth-order valence-electron chi connectivity index (χ4n) is 1.43. The van der Waals surface area contributed by atoms with Crippen molar-refractivity contribution in [3.8, 4) is 0 Å². The third-order valence-electron chi connectivity index (χ3n) is 2.08. The van der Waals surface area contributed by atoms with Crippen LogP contribution in [-0.4, -0.2) is 16.1 Å². The minimum Gasteiger partial charge on any atom is -0.459 e. The van der Waals surface area contributed by atoms with E-state index in [4.69, 9.17) is 4.74 Å². The number of esters is 1. The first-order valence-electron chi connectivity index (χ1n) is 5.59. The fraction of sp³-hybridized carbons (Fsp3) is 0.500. The Kier molecular flexibility index (Phi) is 4.68. The maximum atomic E-state index is 12.7. The normalized spacial score (nSPS) is 12.3.